The Labute approximate surface area is 188 Å². The summed E-state index contributed by atoms with van der Waals surface area (Å²) in [6.07, 6.45) is -4.25. The Morgan fingerprint density at radius 1 is 1.18 bits per heavy atom. The highest BCUT2D eigenvalue weighted by Gasteiger charge is 2.32. The van der Waals surface area contributed by atoms with Gasteiger partial charge in [0.2, 0.25) is 0 Å². The number of amides is 1. The Hall–Kier alpha value is -3.56. The highest BCUT2D eigenvalue weighted by atomic mass is 19.4. The van der Waals surface area contributed by atoms with Crippen molar-refractivity contribution in [2.45, 2.75) is 32.0 Å². The zero-order valence-corrected chi connectivity index (χ0v) is 18.1. The highest BCUT2D eigenvalue weighted by Crippen LogP contribution is 2.39. The lowest BCUT2D eigenvalue weighted by atomic mass is 10.00. The normalized spacial score (nSPS) is 16.6. The van der Waals surface area contributed by atoms with E-state index in [1.54, 1.807) is 6.07 Å². The second-order valence-electron chi connectivity index (χ2n) is 8.07. The maximum absolute atomic E-state index is 13.5. The van der Waals surface area contributed by atoms with E-state index in [-0.39, 0.29) is 23.8 Å². The van der Waals surface area contributed by atoms with Gasteiger partial charge in [-0.05, 0) is 49.6 Å². The number of halogens is 3. The van der Waals surface area contributed by atoms with Crippen LogP contribution in [0.25, 0.3) is 22.0 Å². The Morgan fingerprint density at radius 3 is 2.67 bits per heavy atom. The van der Waals surface area contributed by atoms with E-state index in [1.807, 2.05) is 19.1 Å². The van der Waals surface area contributed by atoms with Gasteiger partial charge in [0.05, 0.1) is 12.7 Å². The summed E-state index contributed by atoms with van der Waals surface area (Å²) in [6.45, 7) is 2.54. The van der Waals surface area contributed by atoms with Crippen molar-refractivity contribution in [1.82, 2.24) is 15.1 Å². The third kappa shape index (κ3) is 4.64. The average molecular weight is 460 g/mol. The van der Waals surface area contributed by atoms with Crippen LogP contribution in [0, 0.1) is 6.92 Å². The van der Waals surface area contributed by atoms with Crippen LogP contribution in [0.5, 0.6) is 5.75 Å². The number of aromatic nitrogens is 2. The molecule has 2 N–H and O–H groups in total. The van der Waals surface area contributed by atoms with Gasteiger partial charge in [-0.1, -0.05) is 12.1 Å². The molecule has 1 aliphatic heterocycles. The van der Waals surface area contributed by atoms with Crippen molar-refractivity contribution in [3.05, 3.63) is 47.5 Å². The van der Waals surface area contributed by atoms with Crippen LogP contribution in [-0.4, -0.2) is 52.5 Å². The van der Waals surface area contributed by atoms with Crippen LogP contribution in [0.4, 0.5) is 23.8 Å². The number of nitrogens with zero attached hydrogens (tertiary/aromatic N) is 3. The second-order valence-corrected chi connectivity index (χ2v) is 8.07. The molecular formula is C23H23F3N4O3. The van der Waals surface area contributed by atoms with E-state index in [4.69, 9.17) is 4.74 Å². The van der Waals surface area contributed by atoms with Crippen molar-refractivity contribution in [2.75, 3.05) is 25.5 Å². The number of fused-ring (bicyclic) bond motifs is 1. The number of ether oxygens (including phenoxy) is 1. The lowest BCUT2D eigenvalue weighted by Gasteiger charge is -2.31. The average Bonchev–Trinajstić information content (AvgIpc) is 2.78. The minimum Gasteiger partial charge on any atom is -0.496 e. The van der Waals surface area contributed by atoms with Gasteiger partial charge in [-0.25, -0.2) is 4.79 Å². The van der Waals surface area contributed by atoms with Crippen molar-refractivity contribution in [3.8, 4) is 17.0 Å². The van der Waals surface area contributed by atoms with Gasteiger partial charge in [-0.3, -0.25) is 0 Å². The van der Waals surface area contributed by atoms with Crippen molar-refractivity contribution in [2.24, 2.45) is 0 Å². The molecule has 1 saturated heterocycles. The second kappa shape index (κ2) is 8.76. The Bertz CT molecular complexity index is 1200. The van der Waals surface area contributed by atoms with Gasteiger partial charge < -0.3 is 20.1 Å². The van der Waals surface area contributed by atoms with Gasteiger partial charge >= 0.3 is 12.3 Å². The van der Waals surface area contributed by atoms with E-state index in [9.17, 15) is 23.1 Å². The van der Waals surface area contributed by atoms with Crippen molar-refractivity contribution >= 4 is 22.7 Å². The molecule has 33 heavy (non-hydrogen) atoms. The molecule has 1 fully saturated rings. The Morgan fingerprint density at radius 2 is 1.97 bits per heavy atom. The maximum Gasteiger partial charge on any atom is 0.416 e. The molecule has 0 saturated carbocycles. The number of carboxylic acid groups (broad SMARTS) is 1. The van der Waals surface area contributed by atoms with Crippen LogP contribution in [0.1, 0.15) is 24.0 Å². The topological polar surface area (TPSA) is 87.6 Å². The summed E-state index contributed by atoms with van der Waals surface area (Å²) in [6, 6.07) is 8.65. The van der Waals surface area contributed by atoms with E-state index in [0.717, 1.165) is 17.7 Å². The third-order valence-electron chi connectivity index (χ3n) is 5.75. The smallest absolute Gasteiger partial charge is 0.416 e. The summed E-state index contributed by atoms with van der Waals surface area (Å²) < 4.78 is 45.9. The summed E-state index contributed by atoms with van der Waals surface area (Å²) in [5, 5.41) is 21.7. The van der Waals surface area contributed by atoms with Gasteiger partial charge in [0.25, 0.3) is 0 Å². The summed E-state index contributed by atoms with van der Waals surface area (Å²) in [4.78, 5) is 12.6. The summed E-state index contributed by atoms with van der Waals surface area (Å²) in [5.41, 5.74) is 1.17. The van der Waals surface area contributed by atoms with Gasteiger partial charge in [0.1, 0.15) is 11.4 Å². The molecule has 2 heterocycles. The molecule has 1 unspecified atom stereocenters. The van der Waals surface area contributed by atoms with Crippen LogP contribution in [0.15, 0.2) is 36.4 Å². The molecule has 174 valence electrons. The molecule has 0 aliphatic carbocycles. The number of aryl methyl sites for hydroxylation is 1. The minimum absolute atomic E-state index is 0.183. The lowest BCUT2D eigenvalue weighted by Crippen LogP contribution is -2.44. The maximum atomic E-state index is 13.5. The largest absolute Gasteiger partial charge is 0.496 e. The number of anilines is 1. The Kier molecular flexibility index (Phi) is 6.01. The van der Waals surface area contributed by atoms with Gasteiger partial charge in [-0.2, -0.15) is 13.2 Å². The zero-order valence-electron chi connectivity index (χ0n) is 18.1. The summed E-state index contributed by atoms with van der Waals surface area (Å²) >= 11 is 0. The zero-order chi connectivity index (χ0) is 23.8. The molecule has 0 radical (unpaired) electrons. The standard InChI is InChI=1S/C23H23F3N4O3/c1-13-5-7-17(19(10-13)33-2)20-16-8-6-14(23(24,25)26)11-18(16)21(29-28-20)27-15-4-3-9-30(12-15)22(31)32/h5-8,10-11,15H,3-4,9,12H2,1-2H3,(H,27,29)(H,31,32). The molecule has 1 atom stereocenters. The number of hydrogen-bond donors (Lipinski definition) is 2. The monoisotopic (exact) mass is 460 g/mol. The van der Waals surface area contributed by atoms with Crippen LogP contribution in [-0.2, 0) is 6.18 Å². The SMILES string of the molecule is COc1cc(C)ccc1-c1nnc(NC2CCCN(C(=O)O)C2)c2cc(C(F)(F)F)ccc12. The fourth-order valence-corrected chi connectivity index (χ4v) is 4.09. The van der Waals surface area contributed by atoms with Gasteiger partial charge in [0.15, 0.2) is 5.82 Å². The molecule has 1 aliphatic rings. The van der Waals surface area contributed by atoms with Crippen LogP contribution >= 0.6 is 0 Å². The quantitative estimate of drug-likeness (QED) is 0.557. The highest BCUT2D eigenvalue weighted by molar-refractivity contribution is 6.01. The minimum atomic E-state index is -4.53. The first kappa shape index (κ1) is 22.6. The van der Waals surface area contributed by atoms with Crippen LogP contribution in [0.2, 0.25) is 0 Å². The molecule has 4 rings (SSSR count). The molecule has 2 aromatic carbocycles. The number of methoxy groups -OCH3 is 1. The van der Waals surface area contributed by atoms with Crippen molar-refractivity contribution < 1.29 is 27.8 Å². The van der Waals surface area contributed by atoms with E-state index in [1.165, 1.54) is 18.1 Å². The first-order valence-corrected chi connectivity index (χ1v) is 10.4. The van der Waals surface area contributed by atoms with Gasteiger partial charge in [-0.15, -0.1) is 10.2 Å². The number of rotatable bonds is 4. The number of nitrogens with one attached hydrogen (secondary N) is 1. The molecule has 0 bridgehead atoms. The molecule has 0 spiro atoms. The van der Waals surface area contributed by atoms with Crippen molar-refractivity contribution in [1.29, 1.82) is 0 Å². The van der Waals surface area contributed by atoms with E-state index < -0.39 is 17.8 Å². The van der Waals surface area contributed by atoms with Crippen LogP contribution < -0.4 is 10.1 Å². The van der Waals surface area contributed by atoms with E-state index in [2.05, 4.69) is 15.5 Å². The van der Waals surface area contributed by atoms with Crippen LogP contribution in [0.3, 0.4) is 0 Å². The number of piperidine rings is 1. The van der Waals surface area contributed by atoms with Crippen molar-refractivity contribution in [3.63, 3.8) is 0 Å². The molecule has 10 heteroatoms. The van der Waals surface area contributed by atoms with Gasteiger partial charge in [0, 0.05) is 35.5 Å². The molecule has 1 aromatic heterocycles. The molecule has 3 aromatic rings. The number of likely N-dealkylation sites (tertiary alicyclic amines) is 1. The Balaban J connectivity index is 1.83. The fourth-order valence-electron chi connectivity index (χ4n) is 4.09. The predicted octanol–water partition coefficient (Wildman–Crippen LogP) is 5.19. The molecule has 7 nitrogen and oxygen atoms in total. The lowest BCUT2D eigenvalue weighted by molar-refractivity contribution is -0.137. The fraction of sp³-hybridized carbons (Fsp3) is 0.348. The molecular weight excluding hydrogens is 437 g/mol. The number of benzene rings is 2. The number of hydrogen-bond acceptors (Lipinski definition) is 5. The number of carbonyl (C=O) groups is 1. The van der Waals surface area contributed by atoms with E-state index >= 15 is 0 Å². The molecule has 1 amide bonds. The first-order chi connectivity index (χ1) is 15.7. The first-order valence-electron chi connectivity index (χ1n) is 10.4. The number of alkyl halides is 3. The summed E-state index contributed by atoms with van der Waals surface area (Å²) in [7, 11) is 1.52. The third-order valence-corrected chi connectivity index (χ3v) is 5.75. The predicted molar refractivity (Wildman–Crippen MR) is 118 cm³/mol. The summed E-state index contributed by atoms with van der Waals surface area (Å²) in [5.74, 6) is 0.721. The van der Waals surface area contributed by atoms with E-state index in [0.29, 0.717) is 41.8 Å².